The van der Waals surface area contributed by atoms with E-state index in [4.69, 9.17) is 42.1 Å². The summed E-state index contributed by atoms with van der Waals surface area (Å²) in [4.78, 5) is 24.6. The van der Waals surface area contributed by atoms with E-state index >= 15 is 0 Å². The highest BCUT2D eigenvalue weighted by atomic mass is 35.5. The second kappa shape index (κ2) is 7.71. The molecule has 2 heterocycles. The lowest BCUT2D eigenvalue weighted by Crippen LogP contribution is -2.18. The van der Waals surface area contributed by atoms with Crippen LogP contribution in [0.5, 0.6) is 17.2 Å². The Kier molecular flexibility index (Phi) is 5.25. The summed E-state index contributed by atoms with van der Waals surface area (Å²) in [6.45, 7) is 3.71. The van der Waals surface area contributed by atoms with Crippen molar-refractivity contribution < 1.29 is 28.5 Å². The number of rotatable bonds is 3. The summed E-state index contributed by atoms with van der Waals surface area (Å²) in [6.07, 6.45) is 1.59. The summed E-state index contributed by atoms with van der Waals surface area (Å²) in [7, 11) is 0. The van der Waals surface area contributed by atoms with Gasteiger partial charge >= 0.3 is 5.97 Å². The minimum atomic E-state index is -0.793. The van der Waals surface area contributed by atoms with Crippen LogP contribution in [0, 0.1) is 6.92 Å². The summed E-state index contributed by atoms with van der Waals surface area (Å²) in [5, 5.41) is -0.299. The Bertz CT molecular complexity index is 1060. The van der Waals surface area contributed by atoms with E-state index in [1.54, 1.807) is 37.3 Å². The zero-order valence-corrected chi connectivity index (χ0v) is 17.1. The van der Waals surface area contributed by atoms with Gasteiger partial charge in [-0.05, 0) is 44.2 Å². The van der Waals surface area contributed by atoms with E-state index in [1.807, 2.05) is 0 Å². The number of alkyl halides is 1. The monoisotopic (exact) mass is 434 g/mol. The standard InChI is InChI=1S/C21H16Cl2O6/c1-10-16(29-21(25)11(2)22)4-3-15-18(24)17(28-19(10)15)7-12-5-14(23)6-13-8-26-9-27-20(12)13/h3-7,11H,8-9H2,1-2H3/b17-7-. The molecule has 2 aromatic rings. The quantitative estimate of drug-likeness (QED) is 0.302. The van der Waals surface area contributed by atoms with Crippen LogP contribution in [-0.4, -0.2) is 23.9 Å². The Morgan fingerprint density at radius 2 is 2.07 bits per heavy atom. The normalized spacial score (nSPS) is 17.2. The van der Waals surface area contributed by atoms with E-state index in [9.17, 15) is 9.59 Å². The van der Waals surface area contributed by atoms with Gasteiger partial charge in [-0.25, -0.2) is 0 Å². The molecule has 0 N–H and O–H groups in total. The third-order valence-electron chi connectivity index (χ3n) is 4.56. The van der Waals surface area contributed by atoms with Crippen LogP contribution in [-0.2, 0) is 16.1 Å². The highest BCUT2D eigenvalue weighted by molar-refractivity contribution is 6.31. The van der Waals surface area contributed by atoms with Crippen LogP contribution < -0.4 is 14.2 Å². The van der Waals surface area contributed by atoms with Gasteiger partial charge in [0, 0.05) is 21.7 Å². The number of ether oxygens (including phenoxy) is 4. The Balaban J connectivity index is 1.70. The number of benzene rings is 2. The molecule has 0 saturated heterocycles. The lowest BCUT2D eigenvalue weighted by atomic mass is 10.0. The molecular formula is C21H16Cl2O6. The summed E-state index contributed by atoms with van der Waals surface area (Å²) < 4.78 is 22.0. The van der Waals surface area contributed by atoms with Gasteiger partial charge in [0.25, 0.3) is 0 Å². The minimum absolute atomic E-state index is 0.118. The fraction of sp³-hybridized carbons (Fsp3) is 0.238. The first-order valence-corrected chi connectivity index (χ1v) is 9.63. The van der Waals surface area contributed by atoms with Gasteiger partial charge in [-0.1, -0.05) is 11.6 Å². The van der Waals surface area contributed by atoms with Crippen LogP contribution in [0.25, 0.3) is 6.08 Å². The number of ketones is 1. The van der Waals surface area contributed by atoms with E-state index in [-0.39, 0.29) is 24.1 Å². The molecule has 1 atom stereocenters. The molecule has 150 valence electrons. The molecule has 2 aliphatic heterocycles. The van der Waals surface area contributed by atoms with Crippen molar-refractivity contribution in [2.45, 2.75) is 25.8 Å². The van der Waals surface area contributed by atoms with Crippen LogP contribution in [0.3, 0.4) is 0 Å². The molecule has 0 radical (unpaired) electrons. The van der Waals surface area contributed by atoms with Gasteiger partial charge in [0.15, 0.2) is 12.6 Å². The molecule has 0 aromatic heterocycles. The van der Waals surface area contributed by atoms with Crippen molar-refractivity contribution in [2.75, 3.05) is 6.79 Å². The van der Waals surface area contributed by atoms with Gasteiger partial charge in [0.05, 0.1) is 12.2 Å². The zero-order valence-electron chi connectivity index (χ0n) is 15.6. The summed E-state index contributed by atoms with van der Waals surface area (Å²) in [5.41, 5.74) is 2.32. The SMILES string of the molecule is Cc1c(OC(=O)C(C)Cl)ccc2c1O/C(=C\c1cc(Cl)cc3c1OCOC3)C2=O. The maximum atomic E-state index is 12.8. The number of hydrogen-bond donors (Lipinski definition) is 0. The van der Waals surface area contributed by atoms with Crippen molar-refractivity contribution in [2.24, 2.45) is 0 Å². The highest BCUT2D eigenvalue weighted by Gasteiger charge is 2.31. The number of Topliss-reactive ketones (excluding diaryl/α,β-unsaturated/α-hetero) is 1. The zero-order chi connectivity index (χ0) is 20.7. The van der Waals surface area contributed by atoms with E-state index in [0.29, 0.717) is 39.8 Å². The third kappa shape index (κ3) is 3.71. The maximum absolute atomic E-state index is 12.8. The second-order valence-electron chi connectivity index (χ2n) is 6.64. The van der Waals surface area contributed by atoms with Crippen molar-refractivity contribution in [1.82, 2.24) is 0 Å². The summed E-state index contributed by atoms with van der Waals surface area (Å²) in [6, 6.07) is 6.56. The van der Waals surface area contributed by atoms with Gasteiger partial charge in [-0.3, -0.25) is 9.59 Å². The number of allylic oxidation sites excluding steroid dienone is 1. The lowest BCUT2D eigenvalue weighted by Gasteiger charge is -2.20. The summed E-state index contributed by atoms with van der Waals surface area (Å²) >= 11 is 11.9. The van der Waals surface area contributed by atoms with E-state index in [0.717, 1.165) is 5.56 Å². The average Bonchev–Trinajstić information content (AvgIpc) is 3.00. The molecule has 4 rings (SSSR count). The molecule has 0 bridgehead atoms. The van der Waals surface area contributed by atoms with Crippen molar-refractivity contribution >= 4 is 41.0 Å². The van der Waals surface area contributed by atoms with Crippen molar-refractivity contribution in [3.8, 4) is 17.2 Å². The number of fused-ring (bicyclic) bond motifs is 2. The van der Waals surface area contributed by atoms with E-state index < -0.39 is 11.3 Å². The fourth-order valence-corrected chi connectivity index (χ4v) is 3.42. The summed E-state index contributed by atoms with van der Waals surface area (Å²) in [5.74, 6) is 0.483. The van der Waals surface area contributed by atoms with Gasteiger partial charge in [0.1, 0.15) is 22.6 Å². The van der Waals surface area contributed by atoms with Gasteiger partial charge in [-0.15, -0.1) is 11.6 Å². The van der Waals surface area contributed by atoms with Crippen LogP contribution in [0.15, 0.2) is 30.0 Å². The molecule has 2 aliphatic rings. The van der Waals surface area contributed by atoms with Crippen molar-refractivity contribution in [1.29, 1.82) is 0 Å². The van der Waals surface area contributed by atoms with Gasteiger partial charge in [0.2, 0.25) is 5.78 Å². The predicted molar refractivity (Wildman–Crippen MR) is 107 cm³/mol. The number of carbonyl (C=O) groups excluding carboxylic acids is 2. The van der Waals surface area contributed by atoms with Crippen LogP contribution in [0.1, 0.15) is 34.0 Å². The molecule has 8 heteroatoms. The highest BCUT2D eigenvalue weighted by Crippen LogP contribution is 2.41. The molecule has 0 spiro atoms. The van der Waals surface area contributed by atoms with Gasteiger partial charge in [-0.2, -0.15) is 0 Å². The van der Waals surface area contributed by atoms with E-state index in [2.05, 4.69) is 0 Å². The molecule has 2 aromatic carbocycles. The predicted octanol–water partition coefficient (Wildman–Crippen LogP) is 4.66. The number of hydrogen-bond acceptors (Lipinski definition) is 6. The van der Waals surface area contributed by atoms with Crippen molar-refractivity contribution in [3.63, 3.8) is 0 Å². The molecule has 0 saturated carbocycles. The maximum Gasteiger partial charge on any atom is 0.329 e. The smallest absolute Gasteiger partial charge is 0.329 e. The largest absolute Gasteiger partial charge is 0.467 e. The Morgan fingerprint density at radius 1 is 1.28 bits per heavy atom. The first-order chi connectivity index (χ1) is 13.8. The Hall–Kier alpha value is -2.54. The second-order valence-corrected chi connectivity index (χ2v) is 7.73. The average molecular weight is 435 g/mol. The molecule has 0 aliphatic carbocycles. The first-order valence-electron chi connectivity index (χ1n) is 8.81. The molecule has 0 amide bonds. The molecule has 1 unspecified atom stereocenters. The number of halogens is 2. The van der Waals surface area contributed by atoms with Crippen molar-refractivity contribution in [3.05, 3.63) is 57.3 Å². The molecule has 0 fully saturated rings. The Labute approximate surface area is 176 Å². The Morgan fingerprint density at radius 3 is 2.83 bits per heavy atom. The van der Waals surface area contributed by atoms with Gasteiger partial charge < -0.3 is 18.9 Å². The van der Waals surface area contributed by atoms with Crippen LogP contribution >= 0.6 is 23.2 Å². The van der Waals surface area contributed by atoms with Crippen LogP contribution in [0.4, 0.5) is 0 Å². The van der Waals surface area contributed by atoms with Crippen LogP contribution in [0.2, 0.25) is 5.02 Å². The molecule has 6 nitrogen and oxygen atoms in total. The fourth-order valence-electron chi connectivity index (χ4n) is 3.13. The minimum Gasteiger partial charge on any atom is -0.467 e. The number of carbonyl (C=O) groups is 2. The lowest BCUT2D eigenvalue weighted by molar-refractivity contribution is -0.133. The molecular weight excluding hydrogens is 419 g/mol. The molecule has 29 heavy (non-hydrogen) atoms. The third-order valence-corrected chi connectivity index (χ3v) is 4.96. The van der Waals surface area contributed by atoms with E-state index in [1.165, 1.54) is 6.92 Å². The first kappa shape index (κ1) is 19.8. The topological polar surface area (TPSA) is 71.1 Å². The number of esters is 1.